The van der Waals surface area contributed by atoms with Crippen LogP contribution in [0.3, 0.4) is 0 Å². The molecule has 305 valence electrons. The zero-order valence-corrected chi connectivity index (χ0v) is 40.5. The first-order valence-corrected chi connectivity index (χ1v) is 24.2. The van der Waals surface area contributed by atoms with Crippen molar-refractivity contribution in [1.29, 1.82) is 0 Å². The van der Waals surface area contributed by atoms with Gasteiger partial charge in [0.05, 0.1) is 19.3 Å². The van der Waals surface area contributed by atoms with Crippen molar-refractivity contribution in [3.63, 3.8) is 0 Å². The third kappa shape index (κ3) is 10.8. The molecular formula is C50H63IrN2O2SSi-. The van der Waals surface area contributed by atoms with Gasteiger partial charge in [0.15, 0.2) is 5.78 Å². The van der Waals surface area contributed by atoms with Crippen LogP contribution in [0.5, 0.6) is 0 Å². The summed E-state index contributed by atoms with van der Waals surface area (Å²) in [5, 5.41) is 16.8. The number of aromatic nitrogens is 2. The van der Waals surface area contributed by atoms with E-state index in [1.807, 2.05) is 0 Å². The molecule has 1 N–H and O–H groups in total. The van der Waals surface area contributed by atoms with E-state index >= 15 is 0 Å². The summed E-state index contributed by atoms with van der Waals surface area (Å²) < 4.78 is 2.42. The molecule has 2 aromatic heterocycles. The number of carbonyl (C=O) groups is 1. The normalized spacial score (nSPS) is 12.7. The molecule has 4 nitrogen and oxygen atoms in total. The molecule has 4 aromatic carbocycles. The van der Waals surface area contributed by atoms with E-state index in [0.29, 0.717) is 23.7 Å². The number of nitrogens with zero attached hydrogens (tertiary/aromatic N) is 2. The molecule has 0 amide bonds. The molecule has 0 fully saturated rings. The van der Waals surface area contributed by atoms with E-state index in [0.717, 1.165) is 33.3 Å². The second kappa shape index (κ2) is 19.1. The van der Waals surface area contributed by atoms with Crippen molar-refractivity contribution in [2.75, 3.05) is 0 Å². The Bertz CT molecular complexity index is 2300. The number of ketones is 1. The van der Waals surface area contributed by atoms with Crippen LogP contribution in [0.15, 0.2) is 97.0 Å². The molecule has 0 atom stereocenters. The minimum atomic E-state index is -1.97. The second-order valence-electron chi connectivity index (χ2n) is 18.7. The van der Waals surface area contributed by atoms with E-state index in [1.54, 1.807) is 17.7 Å². The third-order valence-corrected chi connectivity index (χ3v) is 15.8. The van der Waals surface area contributed by atoms with Gasteiger partial charge in [-0.25, -0.2) is 4.98 Å². The van der Waals surface area contributed by atoms with Crippen LogP contribution < -0.4 is 10.4 Å². The number of rotatable bonds is 11. The van der Waals surface area contributed by atoms with Crippen LogP contribution in [0.25, 0.3) is 42.3 Å². The molecule has 0 bridgehead atoms. The average molecular weight is 976 g/mol. The average Bonchev–Trinajstić information content (AvgIpc) is 3.48. The van der Waals surface area contributed by atoms with E-state index in [2.05, 4.69) is 174 Å². The minimum Gasteiger partial charge on any atom is -0.512 e. The van der Waals surface area contributed by atoms with Crippen LogP contribution in [-0.2, 0) is 31.3 Å². The Balaban J connectivity index is 0.000000309. The third-order valence-electron chi connectivity index (χ3n) is 11.1. The van der Waals surface area contributed by atoms with Crippen LogP contribution in [0.1, 0.15) is 81.7 Å². The maximum absolute atomic E-state index is 12.3. The molecule has 0 aliphatic carbocycles. The number of fused-ring (bicyclic) bond motifs is 4. The van der Waals surface area contributed by atoms with E-state index in [1.165, 1.54) is 37.5 Å². The predicted molar refractivity (Wildman–Crippen MR) is 245 cm³/mol. The Morgan fingerprint density at radius 1 is 0.789 bits per heavy atom. The first kappa shape index (κ1) is 46.2. The Morgan fingerprint density at radius 2 is 1.39 bits per heavy atom. The molecule has 1 radical (unpaired) electrons. The van der Waals surface area contributed by atoms with Crippen molar-refractivity contribution in [2.24, 2.45) is 40.9 Å². The quantitative estimate of drug-likeness (QED) is 0.0608. The Hall–Kier alpha value is -3.48. The van der Waals surface area contributed by atoms with E-state index in [9.17, 15) is 9.90 Å². The van der Waals surface area contributed by atoms with Crippen molar-refractivity contribution in [3.8, 4) is 11.3 Å². The number of aliphatic hydroxyl groups is 1. The first-order chi connectivity index (χ1) is 26.3. The van der Waals surface area contributed by atoms with Gasteiger partial charge in [0.2, 0.25) is 0 Å². The number of hydrogen-bond acceptors (Lipinski definition) is 5. The molecule has 0 saturated carbocycles. The molecule has 0 spiro atoms. The van der Waals surface area contributed by atoms with Gasteiger partial charge in [-0.15, -0.1) is 40.1 Å². The monoisotopic (exact) mass is 976 g/mol. The van der Waals surface area contributed by atoms with Crippen molar-refractivity contribution < 1.29 is 30.0 Å². The van der Waals surface area contributed by atoms with Crippen molar-refractivity contribution in [2.45, 2.75) is 95.7 Å². The van der Waals surface area contributed by atoms with Crippen molar-refractivity contribution in [1.82, 2.24) is 9.97 Å². The van der Waals surface area contributed by atoms with Gasteiger partial charge < -0.3 is 5.11 Å². The van der Waals surface area contributed by atoms with Gasteiger partial charge >= 0.3 is 0 Å². The Kier molecular flexibility index (Phi) is 15.5. The van der Waals surface area contributed by atoms with Crippen LogP contribution in [0.2, 0.25) is 13.1 Å². The van der Waals surface area contributed by atoms with E-state index < -0.39 is 8.07 Å². The summed E-state index contributed by atoms with van der Waals surface area (Å²) in [5.74, 6) is 1.63. The molecule has 7 heteroatoms. The molecule has 6 rings (SSSR count). The van der Waals surface area contributed by atoms with Crippen molar-refractivity contribution in [3.05, 3.63) is 109 Å². The predicted octanol–water partition coefficient (Wildman–Crippen LogP) is 12.7. The summed E-state index contributed by atoms with van der Waals surface area (Å²) in [6.45, 7) is 28.4. The topological polar surface area (TPSA) is 63.1 Å². The largest absolute Gasteiger partial charge is 0.512 e. The van der Waals surface area contributed by atoms with Crippen LogP contribution in [0, 0.1) is 47.0 Å². The van der Waals surface area contributed by atoms with Crippen LogP contribution >= 0.6 is 11.3 Å². The van der Waals surface area contributed by atoms with Gasteiger partial charge in [-0.3, -0.25) is 9.78 Å². The molecule has 0 aliphatic rings. The minimum absolute atomic E-state index is 0. The van der Waals surface area contributed by atoms with E-state index in [4.69, 9.17) is 9.97 Å². The Morgan fingerprint density at radius 3 is 1.98 bits per heavy atom. The maximum atomic E-state index is 12.3. The van der Waals surface area contributed by atoms with Gasteiger partial charge in [-0.2, -0.15) is 0 Å². The van der Waals surface area contributed by atoms with Crippen LogP contribution in [0.4, 0.5) is 0 Å². The van der Waals surface area contributed by atoms with Crippen LogP contribution in [-0.4, -0.2) is 28.9 Å². The summed E-state index contributed by atoms with van der Waals surface area (Å²) in [6, 6.07) is 32.6. The fraction of sp³-hybridized carbons (Fsp3) is 0.420. The first-order valence-electron chi connectivity index (χ1n) is 20.4. The molecule has 0 unspecified atom stereocenters. The Labute approximate surface area is 361 Å². The summed E-state index contributed by atoms with van der Waals surface area (Å²) in [6.07, 6.45) is 4.25. The molecular weight excluding hydrogens is 913 g/mol. The number of thiophene rings is 1. The second-order valence-corrected chi connectivity index (χ2v) is 24.1. The van der Waals surface area contributed by atoms with Gasteiger partial charge in [-0.05, 0) is 47.1 Å². The number of benzene rings is 4. The van der Waals surface area contributed by atoms with Gasteiger partial charge in [-0.1, -0.05) is 166 Å². The molecule has 0 aliphatic heterocycles. The standard InChI is InChI=1S/C33H31N2SSi.C17H32O2.Ir/c1-33(2,3)20-22-15-16-27-28(17-22)36-32-30(34-21-35-31(27)32)24-18-23-11-9-10-14-26(23)29(19-24)37(4,5)25-12-7-6-8-13-25;1-10(2)16(11(3)4)14(18)9-15(19)17(12(5)6)13(7)8;/h6-17,19,21H,20H2,1-5H3;9-13,16-18H,1-8H3;/q-1;;/b;14-9-;. The smallest absolute Gasteiger partial charge is 0.162 e. The molecule has 57 heavy (non-hydrogen) atoms. The number of carbonyl (C=O) groups excluding carboxylic acids is 1. The van der Waals surface area contributed by atoms with Gasteiger partial charge in [0, 0.05) is 58.5 Å². The fourth-order valence-corrected chi connectivity index (χ4v) is 12.6. The maximum Gasteiger partial charge on any atom is 0.162 e. The molecule has 0 saturated heterocycles. The zero-order valence-electron chi connectivity index (χ0n) is 36.3. The number of hydrogen-bond donors (Lipinski definition) is 1. The summed E-state index contributed by atoms with van der Waals surface area (Å²) in [7, 11) is -1.97. The molecule has 2 heterocycles. The van der Waals surface area contributed by atoms with Crippen molar-refractivity contribution >= 4 is 66.6 Å². The van der Waals surface area contributed by atoms with E-state index in [-0.39, 0.29) is 48.9 Å². The summed E-state index contributed by atoms with van der Waals surface area (Å²) in [5.41, 5.74) is 4.69. The fourth-order valence-electron chi connectivity index (χ4n) is 8.64. The van der Waals surface area contributed by atoms with Gasteiger partial charge in [0.1, 0.15) is 6.33 Å². The number of aliphatic hydroxyl groups excluding tert-OH is 1. The summed E-state index contributed by atoms with van der Waals surface area (Å²) >= 11 is 1.80. The number of allylic oxidation sites excluding steroid dienone is 2. The SMILES string of the molecule is CC(C)(C)Cc1ccc2c(c1)sc1c(-c3[c-]c4ccccc4c([Si](C)(C)c4ccccc4)c3)ncnc12.CC(C)C(C(=O)/C=C(\O)C(C(C)C)C(C)C)C(C)C.[Ir]. The summed E-state index contributed by atoms with van der Waals surface area (Å²) in [4.78, 5) is 21.9. The molecule has 6 aromatic rings. The zero-order chi connectivity index (χ0) is 41.1. The van der Waals surface area contributed by atoms with Gasteiger partial charge in [0.25, 0.3) is 0 Å².